The highest BCUT2D eigenvalue weighted by molar-refractivity contribution is 9.10. The summed E-state index contributed by atoms with van der Waals surface area (Å²) in [6.45, 7) is 2.15. The van der Waals surface area contributed by atoms with Crippen LogP contribution in [-0.2, 0) is 23.2 Å². The van der Waals surface area contributed by atoms with E-state index in [4.69, 9.17) is 0 Å². The minimum Gasteiger partial charge on any atom is -0.235 e. The van der Waals surface area contributed by atoms with Crippen molar-refractivity contribution in [2.45, 2.75) is 38.6 Å². The van der Waals surface area contributed by atoms with Gasteiger partial charge in [0.25, 0.3) is 10.2 Å². The van der Waals surface area contributed by atoms with Crippen LogP contribution in [0.1, 0.15) is 36.9 Å². The van der Waals surface area contributed by atoms with Gasteiger partial charge in [-0.3, -0.25) is 0 Å². The van der Waals surface area contributed by atoms with Crippen molar-refractivity contribution in [2.24, 2.45) is 0 Å². The number of pyridine rings is 2. The highest BCUT2D eigenvalue weighted by atomic mass is 79.9. The van der Waals surface area contributed by atoms with Crippen molar-refractivity contribution in [3.8, 4) is 0 Å². The molecule has 0 spiro atoms. The second kappa shape index (κ2) is 6.90. The van der Waals surface area contributed by atoms with Gasteiger partial charge in [0.2, 0.25) is 0 Å². The predicted octanol–water partition coefficient (Wildman–Crippen LogP) is 2.87. The monoisotopic (exact) mass is 424 g/mol. The molecular formula is C17H21BrN4O2S. The Balaban J connectivity index is 1.63. The average molecular weight is 425 g/mol. The summed E-state index contributed by atoms with van der Waals surface area (Å²) in [6, 6.07) is 4.00. The molecule has 0 aliphatic carbocycles. The van der Waals surface area contributed by atoms with E-state index in [9.17, 15) is 8.42 Å². The molecular weight excluding hydrogens is 404 g/mol. The minimum absolute atomic E-state index is 0.392. The molecule has 0 amide bonds. The van der Waals surface area contributed by atoms with Gasteiger partial charge in [-0.1, -0.05) is 12.8 Å². The second-order valence-corrected chi connectivity index (χ2v) is 9.54. The molecule has 4 rings (SSSR count). The zero-order chi connectivity index (χ0) is 17.4. The first kappa shape index (κ1) is 17.3. The van der Waals surface area contributed by atoms with Crippen molar-refractivity contribution < 1.29 is 8.42 Å². The second-order valence-electron chi connectivity index (χ2n) is 6.70. The quantitative estimate of drug-likeness (QED) is 0.742. The summed E-state index contributed by atoms with van der Waals surface area (Å²) >= 11 is 3.43. The molecule has 0 aromatic carbocycles. The van der Waals surface area contributed by atoms with Crippen LogP contribution in [0, 0.1) is 0 Å². The van der Waals surface area contributed by atoms with Crippen molar-refractivity contribution >= 4 is 37.2 Å². The Bertz CT molecular complexity index is 895. The van der Waals surface area contributed by atoms with E-state index in [-0.39, 0.29) is 0 Å². The van der Waals surface area contributed by atoms with Gasteiger partial charge in [-0.2, -0.15) is 17.0 Å². The number of hydrogen-bond acceptors (Lipinski definition) is 4. The zero-order valence-corrected chi connectivity index (χ0v) is 16.4. The maximum absolute atomic E-state index is 13.0. The molecule has 25 heavy (non-hydrogen) atoms. The van der Waals surface area contributed by atoms with E-state index in [1.54, 1.807) is 14.8 Å². The van der Waals surface area contributed by atoms with Crippen LogP contribution in [0.25, 0.3) is 11.0 Å². The summed E-state index contributed by atoms with van der Waals surface area (Å²) < 4.78 is 30.2. The highest BCUT2D eigenvalue weighted by Crippen LogP contribution is 2.26. The van der Waals surface area contributed by atoms with Gasteiger partial charge in [0.1, 0.15) is 0 Å². The Kier molecular flexibility index (Phi) is 4.79. The summed E-state index contributed by atoms with van der Waals surface area (Å²) in [7, 11) is -3.40. The number of fused-ring (bicyclic) bond motifs is 2. The number of hydrogen-bond donors (Lipinski definition) is 0. The van der Waals surface area contributed by atoms with Gasteiger partial charge in [0.15, 0.2) is 5.65 Å². The van der Waals surface area contributed by atoms with Crippen molar-refractivity contribution in [1.82, 2.24) is 18.6 Å². The van der Waals surface area contributed by atoms with Crippen LogP contribution in [0.3, 0.4) is 0 Å². The van der Waals surface area contributed by atoms with E-state index in [0.29, 0.717) is 38.2 Å². The maximum atomic E-state index is 13.0. The topological polar surface area (TPSA) is 66.4 Å². The first-order valence-corrected chi connectivity index (χ1v) is 10.9. The number of nitrogens with zero attached hydrogens (tertiary/aromatic N) is 4. The van der Waals surface area contributed by atoms with Crippen molar-refractivity contribution in [3.63, 3.8) is 0 Å². The predicted molar refractivity (Wildman–Crippen MR) is 100 cm³/mol. The normalized spacial score (nSPS) is 20.4. The number of halogens is 1. The lowest BCUT2D eigenvalue weighted by atomic mass is 10.1. The zero-order valence-electron chi connectivity index (χ0n) is 14.0. The molecule has 2 aliphatic rings. The smallest absolute Gasteiger partial charge is 0.235 e. The summed E-state index contributed by atoms with van der Waals surface area (Å²) in [5, 5.41) is 0.933. The molecule has 0 radical (unpaired) electrons. The van der Waals surface area contributed by atoms with E-state index in [1.807, 2.05) is 12.1 Å². The highest BCUT2D eigenvalue weighted by Gasteiger charge is 2.33. The fourth-order valence-corrected chi connectivity index (χ4v) is 5.62. The van der Waals surface area contributed by atoms with Crippen LogP contribution in [-0.4, -0.2) is 46.6 Å². The van der Waals surface area contributed by atoms with Crippen LogP contribution in [0.5, 0.6) is 0 Å². The van der Waals surface area contributed by atoms with E-state index in [2.05, 4.69) is 25.9 Å². The largest absolute Gasteiger partial charge is 0.282 e. The molecule has 6 nitrogen and oxygen atoms in total. The van der Waals surface area contributed by atoms with Gasteiger partial charge in [0, 0.05) is 54.3 Å². The third-order valence-corrected chi connectivity index (χ3v) is 7.38. The van der Waals surface area contributed by atoms with E-state index in [1.165, 1.54) is 0 Å². The Morgan fingerprint density at radius 2 is 1.76 bits per heavy atom. The minimum atomic E-state index is -3.40. The molecule has 2 aromatic rings. The first-order valence-electron chi connectivity index (χ1n) is 8.73. The molecule has 1 saturated heterocycles. The van der Waals surface area contributed by atoms with Gasteiger partial charge >= 0.3 is 0 Å². The molecule has 134 valence electrons. The third-order valence-electron chi connectivity index (χ3n) is 4.97. The summed E-state index contributed by atoms with van der Waals surface area (Å²) in [4.78, 5) is 8.98. The van der Waals surface area contributed by atoms with Gasteiger partial charge in [-0.05, 0) is 46.5 Å². The van der Waals surface area contributed by atoms with E-state index < -0.39 is 10.2 Å². The Hall–Kier alpha value is -1.09. The summed E-state index contributed by atoms with van der Waals surface area (Å²) in [5.41, 5.74) is 2.66. The van der Waals surface area contributed by atoms with Gasteiger partial charge in [-0.25, -0.2) is 9.97 Å². The maximum Gasteiger partial charge on any atom is 0.282 e. The van der Waals surface area contributed by atoms with Crippen LogP contribution >= 0.6 is 15.9 Å². The molecule has 0 atom stereocenters. The molecule has 0 saturated carbocycles. The molecule has 0 N–H and O–H groups in total. The van der Waals surface area contributed by atoms with Crippen LogP contribution in [0.15, 0.2) is 22.8 Å². The Morgan fingerprint density at radius 3 is 2.52 bits per heavy atom. The van der Waals surface area contributed by atoms with Crippen LogP contribution < -0.4 is 0 Å². The molecule has 4 heterocycles. The SMILES string of the molecule is O=S(=O)(N1CCCCCC1)N1CCc2nc3ncc(Br)cc3cc2C1. The van der Waals surface area contributed by atoms with E-state index >= 15 is 0 Å². The van der Waals surface area contributed by atoms with E-state index in [0.717, 1.165) is 46.8 Å². The Morgan fingerprint density at radius 1 is 1.00 bits per heavy atom. The molecule has 2 aliphatic heterocycles. The number of aromatic nitrogens is 2. The number of rotatable bonds is 2. The lowest BCUT2D eigenvalue weighted by molar-refractivity contribution is 0.327. The fraction of sp³-hybridized carbons (Fsp3) is 0.529. The summed E-state index contributed by atoms with van der Waals surface area (Å²) in [5.74, 6) is 0. The molecule has 2 aromatic heterocycles. The molecule has 0 bridgehead atoms. The Labute approximate surface area is 156 Å². The van der Waals surface area contributed by atoms with Crippen molar-refractivity contribution in [2.75, 3.05) is 19.6 Å². The van der Waals surface area contributed by atoms with Crippen LogP contribution in [0.2, 0.25) is 0 Å². The standard InChI is InChI=1S/C17H21BrN4O2S/c18-15-10-13-9-14-12-22(8-5-16(14)20-17(13)19-11-15)25(23,24)21-6-3-1-2-4-7-21/h9-11H,1-8,12H2. The van der Waals surface area contributed by atoms with Crippen LogP contribution in [0.4, 0.5) is 0 Å². The molecule has 0 unspecified atom stereocenters. The van der Waals surface area contributed by atoms with Gasteiger partial charge in [0.05, 0.1) is 0 Å². The van der Waals surface area contributed by atoms with Gasteiger partial charge < -0.3 is 0 Å². The van der Waals surface area contributed by atoms with Gasteiger partial charge in [-0.15, -0.1) is 0 Å². The first-order chi connectivity index (χ1) is 12.0. The fourth-order valence-electron chi connectivity index (χ4n) is 3.60. The third kappa shape index (κ3) is 3.45. The molecule has 8 heteroatoms. The molecule has 1 fully saturated rings. The average Bonchev–Trinajstić information content (AvgIpc) is 2.89. The summed E-state index contributed by atoms with van der Waals surface area (Å²) in [6.07, 6.45) is 6.51. The van der Waals surface area contributed by atoms with Crippen molar-refractivity contribution in [1.29, 1.82) is 0 Å². The lowest BCUT2D eigenvalue weighted by Crippen LogP contribution is -2.46. The lowest BCUT2D eigenvalue weighted by Gasteiger charge is -2.32. The van der Waals surface area contributed by atoms with Crippen molar-refractivity contribution in [3.05, 3.63) is 34.1 Å².